The van der Waals surface area contributed by atoms with Crippen LogP contribution in [0.5, 0.6) is 0 Å². The lowest BCUT2D eigenvalue weighted by atomic mass is 9.91. The Hall–Kier alpha value is -2.71. The van der Waals surface area contributed by atoms with E-state index in [1.165, 1.54) is 12.1 Å². The first kappa shape index (κ1) is 26.4. The van der Waals surface area contributed by atoms with Crippen LogP contribution < -0.4 is 5.56 Å². The lowest BCUT2D eigenvalue weighted by Crippen LogP contribution is -2.37. The Morgan fingerprint density at radius 3 is 2.56 bits per heavy atom. The van der Waals surface area contributed by atoms with Gasteiger partial charge in [0.2, 0.25) is 0 Å². The molecule has 2 aromatic heterocycles. The molecule has 4 heterocycles. The Morgan fingerprint density at radius 2 is 1.86 bits per heavy atom. The number of benzene rings is 1. The lowest BCUT2D eigenvalue weighted by molar-refractivity contribution is 0.129. The number of hydrogen-bond acceptors (Lipinski definition) is 8. The van der Waals surface area contributed by atoms with E-state index in [-0.39, 0.29) is 11.4 Å². The zero-order chi connectivity index (χ0) is 26.0. The van der Waals surface area contributed by atoms with Crippen molar-refractivity contribution in [1.29, 1.82) is 0 Å². The largest absolute Gasteiger partial charge is 0.394 e. The Kier molecular flexibility index (Phi) is 7.85. The number of aliphatic hydroxyl groups is 1. The Balaban J connectivity index is 0.000000556. The molecule has 0 bridgehead atoms. The number of piperidine rings is 1. The Labute approximate surface area is 207 Å². The van der Waals surface area contributed by atoms with Crippen LogP contribution in [0.3, 0.4) is 0 Å². The van der Waals surface area contributed by atoms with Gasteiger partial charge in [0, 0.05) is 41.7 Å². The quantitative estimate of drug-likeness (QED) is 0.433. The highest BCUT2D eigenvalue weighted by Gasteiger charge is 2.26. The Morgan fingerprint density at radius 1 is 1.17 bits per heavy atom. The molecule has 1 unspecified atom stereocenters. The number of fused-ring (bicyclic) bond motifs is 2. The summed E-state index contributed by atoms with van der Waals surface area (Å²) >= 11 is 0. The predicted molar refractivity (Wildman–Crippen MR) is 128 cm³/mol. The van der Waals surface area contributed by atoms with Crippen LogP contribution in [0.15, 0.2) is 27.5 Å². The third-order valence-electron chi connectivity index (χ3n) is 6.77. The summed E-state index contributed by atoms with van der Waals surface area (Å²) in [5.41, 5.74) is 2.90. The van der Waals surface area contributed by atoms with E-state index in [2.05, 4.69) is 15.0 Å². The topological polar surface area (TPSA) is 159 Å². The standard InChI is InChI=1S/C23H27FN4O3.H2O4S/c1-14-17(23(30)28-9-2-3-19(29)22(28)25-14)8-12-27-10-6-15(7-11-27)21-18-5-4-16(24)13-20(18)31-26-21;1-5(2,3)4/h4-5,13,15,19,29H,2-3,6-12H2,1H3;(H2,1,2,3,4). The summed E-state index contributed by atoms with van der Waals surface area (Å²) in [6.45, 7) is 5.13. The van der Waals surface area contributed by atoms with E-state index >= 15 is 0 Å². The predicted octanol–water partition coefficient (Wildman–Crippen LogP) is 2.43. The van der Waals surface area contributed by atoms with Crippen LogP contribution in [0.4, 0.5) is 4.39 Å². The first-order valence-electron chi connectivity index (χ1n) is 11.8. The molecule has 0 aliphatic carbocycles. The molecule has 0 radical (unpaired) electrons. The fourth-order valence-electron chi connectivity index (χ4n) is 4.98. The van der Waals surface area contributed by atoms with Crippen LogP contribution in [0.25, 0.3) is 11.0 Å². The van der Waals surface area contributed by atoms with Crippen molar-refractivity contribution in [2.45, 2.75) is 57.6 Å². The van der Waals surface area contributed by atoms with Crippen molar-refractivity contribution in [2.75, 3.05) is 19.6 Å². The van der Waals surface area contributed by atoms with Gasteiger partial charge in [0.15, 0.2) is 5.58 Å². The highest BCUT2D eigenvalue weighted by atomic mass is 32.3. The minimum Gasteiger partial charge on any atom is -0.385 e. The zero-order valence-electron chi connectivity index (χ0n) is 19.8. The van der Waals surface area contributed by atoms with Crippen molar-refractivity contribution in [3.05, 3.63) is 57.1 Å². The van der Waals surface area contributed by atoms with Gasteiger partial charge in [-0.2, -0.15) is 8.42 Å². The number of nitrogens with zero attached hydrogens (tertiary/aromatic N) is 4. The third-order valence-corrected chi connectivity index (χ3v) is 6.77. The maximum absolute atomic E-state index is 13.4. The number of hydrogen-bond donors (Lipinski definition) is 3. The fourth-order valence-corrected chi connectivity index (χ4v) is 4.98. The van der Waals surface area contributed by atoms with Crippen molar-refractivity contribution in [3.8, 4) is 0 Å². The summed E-state index contributed by atoms with van der Waals surface area (Å²) in [4.78, 5) is 19.9. The van der Waals surface area contributed by atoms with E-state index in [0.717, 1.165) is 61.2 Å². The van der Waals surface area contributed by atoms with Crippen molar-refractivity contribution >= 4 is 21.4 Å². The molecule has 0 spiro atoms. The molecule has 1 atom stereocenters. The molecular weight excluding hydrogens is 495 g/mol. The van der Waals surface area contributed by atoms with Gasteiger partial charge < -0.3 is 14.5 Å². The fraction of sp³-hybridized carbons (Fsp3) is 0.522. The molecule has 2 aliphatic rings. The second kappa shape index (κ2) is 10.7. The molecule has 2 aliphatic heterocycles. The molecule has 0 amide bonds. The van der Waals surface area contributed by atoms with Crippen LogP contribution in [0.1, 0.15) is 60.5 Å². The summed E-state index contributed by atoms with van der Waals surface area (Å²) < 4.78 is 52.0. The van der Waals surface area contributed by atoms with Crippen molar-refractivity contribution < 1.29 is 31.5 Å². The molecule has 1 aromatic carbocycles. The molecule has 0 saturated carbocycles. The molecule has 3 aromatic rings. The van der Waals surface area contributed by atoms with Crippen molar-refractivity contribution in [2.24, 2.45) is 0 Å². The lowest BCUT2D eigenvalue weighted by Gasteiger charge is -2.31. The molecule has 36 heavy (non-hydrogen) atoms. The molecule has 3 N–H and O–H groups in total. The number of likely N-dealkylation sites (tertiary alicyclic amines) is 1. The number of aryl methyl sites for hydroxylation is 1. The van der Waals surface area contributed by atoms with Gasteiger partial charge in [-0.05, 0) is 64.3 Å². The first-order chi connectivity index (χ1) is 17.0. The first-order valence-corrected chi connectivity index (χ1v) is 13.2. The van der Waals surface area contributed by atoms with Gasteiger partial charge in [0.25, 0.3) is 5.56 Å². The van der Waals surface area contributed by atoms with Gasteiger partial charge in [-0.25, -0.2) is 9.37 Å². The van der Waals surface area contributed by atoms with Crippen molar-refractivity contribution in [1.82, 2.24) is 19.6 Å². The molecule has 196 valence electrons. The number of aliphatic hydroxyl groups excluding tert-OH is 1. The maximum Gasteiger partial charge on any atom is 0.394 e. The smallest absolute Gasteiger partial charge is 0.385 e. The maximum atomic E-state index is 13.4. The number of halogens is 1. The third kappa shape index (κ3) is 6.16. The highest BCUT2D eigenvalue weighted by molar-refractivity contribution is 7.79. The van der Waals surface area contributed by atoms with Crippen LogP contribution in [0.2, 0.25) is 0 Å². The Bertz CT molecular complexity index is 1390. The summed E-state index contributed by atoms with van der Waals surface area (Å²) in [5.74, 6) is 0.489. The van der Waals surface area contributed by atoms with E-state index in [1.54, 1.807) is 10.6 Å². The van der Waals surface area contributed by atoms with Crippen LogP contribution in [0, 0.1) is 12.7 Å². The minimum atomic E-state index is -4.67. The summed E-state index contributed by atoms with van der Waals surface area (Å²) in [6, 6.07) is 4.58. The minimum absolute atomic E-state index is 0.00237. The van der Waals surface area contributed by atoms with Gasteiger partial charge in [0.1, 0.15) is 17.7 Å². The normalized spacial score (nSPS) is 19.1. The zero-order valence-corrected chi connectivity index (χ0v) is 20.6. The summed E-state index contributed by atoms with van der Waals surface area (Å²) in [7, 11) is -4.67. The SMILES string of the molecule is Cc1nc2n(c(=O)c1CCN1CCC(c3noc4cc(F)ccc34)CC1)CCCC2O.O=S(=O)(O)O. The van der Waals surface area contributed by atoms with Gasteiger partial charge >= 0.3 is 10.4 Å². The molecule has 1 saturated heterocycles. The monoisotopic (exact) mass is 524 g/mol. The van der Waals surface area contributed by atoms with Gasteiger partial charge in [-0.15, -0.1) is 0 Å². The van der Waals surface area contributed by atoms with Gasteiger partial charge in [-0.3, -0.25) is 18.5 Å². The van der Waals surface area contributed by atoms with Gasteiger partial charge in [0.05, 0.1) is 5.69 Å². The molecule has 13 heteroatoms. The summed E-state index contributed by atoms with van der Waals surface area (Å²) in [5, 5.41) is 15.3. The second-order valence-corrected chi connectivity index (χ2v) is 10.1. The van der Waals surface area contributed by atoms with E-state index in [1.807, 2.05) is 6.92 Å². The molecular formula is C23H29FN4O7S. The van der Waals surface area contributed by atoms with E-state index < -0.39 is 16.5 Å². The van der Waals surface area contributed by atoms with E-state index in [0.29, 0.717) is 36.7 Å². The van der Waals surface area contributed by atoms with E-state index in [9.17, 15) is 14.3 Å². The summed E-state index contributed by atoms with van der Waals surface area (Å²) in [6.07, 6.45) is 3.38. The molecule has 11 nitrogen and oxygen atoms in total. The average molecular weight is 525 g/mol. The number of rotatable bonds is 4. The van der Waals surface area contributed by atoms with Crippen molar-refractivity contribution in [3.63, 3.8) is 0 Å². The molecule has 1 fully saturated rings. The highest BCUT2D eigenvalue weighted by Crippen LogP contribution is 2.32. The molecule has 5 rings (SSSR count). The number of aromatic nitrogens is 3. The van der Waals surface area contributed by atoms with Crippen LogP contribution in [-0.4, -0.2) is 61.9 Å². The van der Waals surface area contributed by atoms with Crippen LogP contribution >= 0.6 is 0 Å². The average Bonchev–Trinajstić information content (AvgIpc) is 3.22. The van der Waals surface area contributed by atoms with Gasteiger partial charge in [-0.1, -0.05) is 5.16 Å². The van der Waals surface area contributed by atoms with E-state index in [4.69, 9.17) is 22.0 Å². The second-order valence-electron chi connectivity index (χ2n) is 9.17. The van der Waals surface area contributed by atoms with Crippen LogP contribution in [-0.2, 0) is 23.4 Å².